The van der Waals surface area contributed by atoms with Gasteiger partial charge in [-0.3, -0.25) is 4.79 Å². The molecule has 1 aromatic heterocycles. The zero-order valence-electron chi connectivity index (χ0n) is 14.2. The quantitative estimate of drug-likeness (QED) is 0.719. The number of hydrogen-bond donors (Lipinski definition) is 2. The van der Waals surface area contributed by atoms with E-state index >= 15 is 0 Å². The molecule has 0 aliphatic carbocycles. The van der Waals surface area contributed by atoms with Gasteiger partial charge in [-0.15, -0.1) is 0 Å². The largest absolute Gasteiger partial charge is 0.380 e. The van der Waals surface area contributed by atoms with E-state index in [-0.39, 0.29) is 5.91 Å². The summed E-state index contributed by atoms with van der Waals surface area (Å²) >= 11 is 0. The molecule has 3 rings (SSSR count). The fourth-order valence-electron chi connectivity index (χ4n) is 2.41. The van der Waals surface area contributed by atoms with Crippen molar-refractivity contribution in [2.24, 2.45) is 0 Å². The number of amides is 1. The molecule has 0 spiro atoms. The van der Waals surface area contributed by atoms with Crippen LogP contribution in [0.4, 0.5) is 5.69 Å². The van der Waals surface area contributed by atoms with E-state index in [2.05, 4.69) is 27.8 Å². The van der Waals surface area contributed by atoms with Crippen molar-refractivity contribution in [1.29, 1.82) is 0 Å². The number of benzene rings is 2. The summed E-state index contributed by atoms with van der Waals surface area (Å²) in [6.07, 6.45) is 1.68. The molecule has 0 saturated heterocycles. The molecule has 2 N–H and O–H groups in total. The van der Waals surface area contributed by atoms with E-state index < -0.39 is 0 Å². The molecule has 3 aromatic rings. The Morgan fingerprint density at radius 3 is 2.28 bits per heavy atom. The third-order valence-electron chi connectivity index (χ3n) is 3.91. The van der Waals surface area contributed by atoms with Crippen LogP contribution in [0.25, 0.3) is 0 Å². The number of rotatable bonds is 6. The van der Waals surface area contributed by atoms with Crippen molar-refractivity contribution in [1.82, 2.24) is 10.3 Å². The number of carbonyl (C=O) groups is 1. The molecule has 0 radical (unpaired) electrons. The number of anilines is 1. The van der Waals surface area contributed by atoms with Crippen LogP contribution in [0.5, 0.6) is 0 Å². The molecule has 126 valence electrons. The number of aryl methyl sites for hydroxylation is 1. The van der Waals surface area contributed by atoms with Gasteiger partial charge in [0.05, 0.1) is 11.9 Å². The van der Waals surface area contributed by atoms with Crippen molar-refractivity contribution in [3.63, 3.8) is 0 Å². The second kappa shape index (κ2) is 8.11. The average Bonchev–Trinajstić information content (AvgIpc) is 2.67. The van der Waals surface area contributed by atoms with Gasteiger partial charge < -0.3 is 10.6 Å². The first kappa shape index (κ1) is 16.7. The van der Waals surface area contributed by atoms with Crippen molar-refractivity contribution < 1.29 is 4.79 Å². The number of nitrogens with zero attached hydrogens (tertiary/aromatic N) is 1. The summed E-state index contributed by atoms with van der Waals surface area (Å²) in [5.74, 6) is -0.171. The predicted molar refractivity (Wildman–Crippen MR) is 100 cm³/mol. The molecule has 0 atom stereocenters. The fraction of sp³-hybridized carbons (Fsp3) is 0.143. The molecular formula is C21H21N3O. The number of pyridine rings is 1. The standard InChI is InChI=1S/C21H21N3O/c1-16-7-9-18(10-8-16)14-24-21(25)20-12-11-19(15-23-20)22-13-17-5-3-2-4-6-17/h2-12,15,22H,13-14H2,1H3,(H,24,25). The van der Waals surface area contributed by atoms with E-state index in [9.17, 15) is 4.79 Å². The van der Waals surface area contributed by atoms with Crippen LogP contribution in [0.3, 0.4) is 0 Å². The fourth-order valence-corrected chi connectivity index (χ4v) is 2.41. The van der Waals surface area contributed by atoms with E-state index in [0.29, 0.717) is 12.2 Å². The Kier molecular flexibility index (Phi) is 5.42. The normalized spacial score (nSPS) is 10.3. The maximum absolute atomic E-state index is 12.2. The summed E-state index contributed by atoms with van der Waals surface area (Å²) in [6, 6.07) is 21.8. The Morgan fingerprint density at radius 1 is 0.880 bits per heavy atom. The maximum Gasteiger partial charge on any atom is 0.270 e. The smallest absolute Gasteiger partial charge is 0.270 e. The molecule has 0 bridgehead atoms. The van der Waals surface area contributed by atoms with Gasteiger partial charge in [0.1, 0.15) is 5.69 Å². The highest BCUT2D eigenvalue weighted by atomic mass is 16.1. The topological polar surface area (TPSA) is 54.0 Å². The van der Waals surface area contributed by atoms with Gasteiger partial charge in [0.15, 0.2) is 0 Å². The number of nitrogens with one attached hydrogen (secondary N) is 2. The zero-order chi connectivity index (χ0) is 17.5. The zero-order valence-corrected chi connectivity index (χ0v) is 14.2. The van der Waals surface area contributed by atoms with Crippen LogP contribution in [0, 0.1) is 6.92 Å². The molecule has 0 aliphatic heterocycles. The molecule has 4 nitrogen and oxygen atoms in total. The third-order valence-corrected chi connectivity index (χ3v) is 3.91. The Hall–Kier alpha value is -3.14. The first-order valence-corrected chi connectivity index (χ1v) is 8.28. The summed E-state index contributed by atoms with van der Waals surface area (Å²) in [7, 11) is 0. The van der Waals surface area contributed by atoms with Crippen LogP contribution < -0.4 is 10.6 Å². The van der Waals surface area contributed by atoms with Gasteiger partial charge >= 0.3 is 0 Å². The van der Waals surface area contributed by atoms with Gasteiger partial charge in [-0.2, -0.15) is 0 Å². The molecule has 4 heteroatoms. The predicted octanol–water partition coefficient (Wildman–Crippen LogP) is 3.93. The lowest BCUT2D eigenvalue weighted by Crippen LogP contribution is -2.23. The van der Waals surface area contributed by atoms with E-state index in [4.69, 9.17) is 0 Å². The van der Waals surface area contributed by atoms with E-state index in [1.165, 1.54) is 11.1 Å². The number of hydrogen-bond acceptors (Lipinski definition) is 3. The van der Waals surface area contributed by atoms with Crippen LogP contribution in [-0.4, -0.2) is 10.9 Å². The maximum atomic E-state index is 12.2. The molecule has 1 heterocycles. The Morgan fingerprint density at radius 2 is 1.60 bits per heavy atom. The molecule has 2 aromatic carbocycles. The highest BCUT2D eigenvalue weighted by Gasteiger charge is 2.06. The van der Waals surface area contributed by atoms with Crippen LogP contribution in [0.15, 0.2) is 72.9 Å². The summed E-state index contributed by atoms with van der Waals surface area (Å²) < 4.78 is 0. The Bertz CT molecular complexity index is 812. The van der Waals surface area contributed by atoms with Crippen LogP contribution in [0.1, 0.15) is 27.2 Å². The van der Waals surface area contributed by atoms with Crippen molar-refractivity contribution >= 4 is 11.6 Å². The van der Waals surface area contributed by atoms with Crippen LogP contribution in [0.2, 0.25) is 0 Å². The first-order valence-electron chi connectivity index (χ1n) is 8.28. The summed E-state index contributed by atoms with van der Waals surface area (Å²) in [5, 5.41) is 6.19. The minimum absolute atomic E-state index is 0.171. The Balaban J connectivity index is 1.52. The average molecular weight is 331 g/mol. The second-order valence-electron chi connectivity index (χ2n) is 5.94. The van der Waals surface area contributed by atoms with E-state index in [0.717, 1.165) is 17.8 Å². The lowest BCUT2D eigenvalue weighted by molar-refractivity contribution is 0.0946. The summed E-state index contributed by atoms with van der Waals surface area (Å²) in [5.41, 5.74) is 4.77. The van der Waals surface area contributed by atoms with Gasteiger partial charge in [0, 0.05) is 13.1 Å². The summed E-state index contributed by atoms with van der Waals surface area (Å²) in [4.78, 5) is 16.4. The van der Waals surface area contributed by atoms with Crippen molar-refractivity contribution in [3.8, 4) is 0 Å². The van der Waals surface area contributed by atoms with Crippen molar-refractivity contribution in [2.75, 3.05) is 5.32 Å². The molecule has 0 unspecified atom stereocenters. The molecule has 25 heavy (non-hydrogen) atoms. The van der Waals surface area contributed by atoms with Gasteiger partial charge in [-0.1, -0.05) is 60.2 Å². The molecule has 0 fully saturated rings. The molecule has 1 amide bonds. The van der Waals surface area contributed by atoms with Crippen molar-refractivity contribution in [2.45, 2.75) is 20.0 Å². The number of aromatic nitrogens is 1. The van der Waals surface area contributed by atoms with Gasteiger partial charge in [0.25, 0.3) is 5.91 Å². The SMILES string of the molecule is Cc1ccc(CNC(=O)c2ccc(NCc3ccccc3)cn2)cc1. The van der Waals surface area contributed by atoms with Crippen LogP contribution in [-0.2, 0) is 13.1 Å². The molecular weight excluding hydrogens is 310 g/mol. The van der Waals surface area contributed by atoms with Gasteiger partial charge in [0.2, 0.25) is 0 Å². The highest BCUT2D eigenvalue weighted by molar-refractivity contribution is 5.92. The minimum Gasteiger partial charge on any atom is -0.380 e. The first-order chi connectivity index (χ1) is 12.2. The minimum atomic E-state index is -0.171. The van der Waals surface area contributed by atoms with Crippen molar-refractivity contribution in [3.05, 3.63) is 95.3 Å². The van der Waals surface area contributed by atoms with Crippen LogP contribution >= 0.6 is 0 Å². The monoisotopic (exact) mass is 331 g/mol. The highest BCUT2D eigenvalue weighted by Crippen LogP contribution is 2.09. The van der Waals surface area contributed by atoms with E-state index in [1.54, 1.807) is 12.3 Å². The van der Waals surface area contributed by atoms with Gasteiger partial charge in [-0.25, -0.2) is 4.98 Å². The molecule has 0 aliphatic rings. The lowest BCUT2D eigenvalue weighted by Gasteiger charge is -2.08. The van der Waals surface area contributed by atoms with E-state index in [1.807, 2.05) is 55.5 Å². The number of carbonyl (C=O) groups excluding carboxylic acids is 1. The summed E-state index contributed by atoms with van der Waals surface area (Å²) in [6.45, 7) is 3.26. The lowest BCUT2D eigenvalue weighted by atomic mass is 10.1. The molecule has 0 saturated carbocycles. The Labute approximate surface area is 147 Å². The van der Waals surface area contributed by atoms with Gasteiger partial charge in [-0.05, 0) is 30.2 Å². The second-order valence-corrected chi connectivity index (χ2v) is 5.94. The third kappa shape index (κ3) is 4.91.